The molecule has 0 aromatic heterocycles. The fourth-order valence-corrected chi connectivity index (χ4v) is 2.99. The first kappa shape index (κ1) is 14.6. The van der Waals surface area contributed by atoms with Gasteiger partial charge in [0.2, 0.25) is 0 Å². The van der Waals surface area contributed by atoms with E-state index in [0.29, 0.717) is 12.0 Å². The van der Waals surface area contributed by atoms with Crippen molar-refractivity contribution in [1.29, 1.82) is 0 Å². The molecule has 1 saturated carbocycles. The molecule has 0 amide bonds. The van der Waals surface area contributed by atoms with Gasteiger partial charge in [0.15, 0.2) is 5.96 Å². The van der Waals surface area contributed by atoms with Gasteiger partial charge in [-0.05, 0) is 33.1 Å². The minimum atomic E-state index is -0.211. The van der Waals surface area contributed by atoms with Crippen molar-refractivity contribution < 1.29 is 9.47 Å². The minimum absolute atomic E-state index is 0.142. The first-order valence-corrected chi connectivity index (χ1v) is 7.47. The highest BCUT2D eigenvalue weighted by Gasteiger charge is 2.59. The average Bonchev–Trinajstić information content (AvgIpc) is 2.89. The van der Waals surface area contributed by atoms with Crippen LogP contribution in [0.1, 0.15) is 46.5 Å². The van der Waals surface area contributed by atoms with E-state index in [9.17, 15) is 0 Å². The first-order valence-electron chi connectivity index (χ1n) is 7.47. The van der Waals surface area contributed by atoms with Gasteiger partial charge >= 0.3 is 0 Å². The summed E-state index contributed by atoms with van der Waals surface area (Å²) in [5, 5.41) is 3.21. The van der Waals surface area contributed by atoms with E-state index in [2.05, 4.69) is 24.2 Å². The van der Waals surface area contributed by atoms with E-state index in [1.54, 1.807) is 0 Å². The number of rotatable bonds is 5. The van der Waals surface area contributed by atoms with E-state index in [4.69, 9.17) is 15.2 Å². The third-order valence-electron chi connectivity index (χ3n) is 4.30. The monoisotopic (exact) mass is 269 g/mol. The lowest BCUT2D eigenvalue weighted by Gasteiger charge is -2.50. The lowest BCUT2D eigenvalue weighted by molar-refractivity contribution is -0.188. The predicted octanol–water partition coefficient (Wildman–Crippen LogP) is 1.42. The van der Waals surface area contributed by atoms with Crippen LogP contribution in [-0.2, 0) is 9.47 Å². The highest BCUT2D eigenvalue weighted by atomic mass is 16.6. The standard InChI is InChI=1S/C14H27N3O2/c1-4-10(3)16-13(15)17-11-9-12(18-5-2)14(11)7-6-8-19-14/h10-12H,4-9H2,1-3H3,(H3,15,16,17). The number of hydrogen-bond acceptors (Lipinski definition) is 3. The quantitative estimate of drug-likeness (QED) is 0.585. The van der Waals surface area contributed by atoms with Crippen LogP contribution in [0.5, 0.6) is 0 Å². The molecule has 1 aliphatic heterocycles. The van der Waals surface area contributed by atoms with Crippen molar-refractivity contribution >= 4 is 5.96 Å². The molecule has 4 atom stereocenters. The Bertz CT molecular complexity index is 327. The molecule has 0 aromatic carbocycles. The molecule has 0 aromatic rings. The number of ether oxygens (including phenoxy) is 2. The van der Waals surface area contributed by atoms with Crippen molar-refractivity contribution in [1.82, 2.24) is 5.32 Å². The predicted molar refractivity (Wildman–Crippen MR) is 76.2 cm³/mol. The molecule has 1 saturated heterocycles. The van der Waals surface area contributed by atoms with Gasteiger partial charge < -0.3 is 20.5 Å². The van der Waals surface area contributed by atoms with E-state index in [1.807, 2.05) is 6.92 Å². The van der Waals surface area contributed by atoms with Crippen LogP contribution < -0.4 is 11.1 Å². The van der Waals surface area contributed by atoms with Crippen molar-refractivity contribution in [3.05, 3.63) is 0 Å². The van der Waals surface area contributed by atoms with Crippen molar-refractivity contribution in [2.75, 3.05) is 13.2 Å². The zero-order valence-corrected chi connectivity index (χ0v) is 12.3. The number of nitrogens with two attached hydrogens (primary N) is 1. The zero-order chi connectivity index (χ0) is 13.9. The molecule has 3 N–H and O–H groups in total. The molecule has 5 heteroatoms. The molecule has 1 heterocycles. The topological polar surface area (TPSA) is 68.9 Å². The van der Waals surface area contributed by atoms with Crippen molar-refractivity contribution in [3.63, 3.8) is 0 Å². The van der Waals surface area contributed by atoms with Gasteiger partial charge in [0.05, 0.1) is 12.1 Å². The number of nitrogens with zero attached hydrogens (tertiary/aromatic N) is 1. The van der Waals surface area contributed by atoms with Gasteiger partial charge in [0.1, 0.15) is 5.60 Å². The van der Waals surface area contributed by atoms with Crippen LogP contribution in [0.15, 0.2) is 4.99 Å². The number of nitrogens with one attached hydrogen (secondary N) is 1. The minimum Gasteiger partial charge on any atom is -0.375 e. The average molecular weight is 269 g/mol. The number of guanidine groups is 1. The van der Waals surface area contributed by atoms with E-state index in [1.165, 1.54) is 0 Å². The summed E-state index contributed by atoms with van der Waals surface area (Å²) >= 11 is 0. The van der Waals surface area contributed by atoms with Crippen LogP contribution in [0.4, 0.5) is 0 Å². The van der Waals surface area contributed by atoms with Crippen LogP contribution >= 0.6 is 0 Å². The fraction of sp³-hybridized carbons (Fsp3) is 0.929. The third kappa shape index (κ3) is 2.87. The summed E-state index contributed by atoms with van der Waals surface area (Å²) < 4.78 is 11.7. The van der Waals surface area contributed by atoms with Crippen LogP contribution in [0, 0.1) is 0 Å². The van der Waals surface area contributed by atoms with Gasteiger partial charge in [-0.15, -0.1) is 0 Å². The summed E-state index contributed by atoms with van der Waals surface area (Å²) in [6.07, 6.45) is 4.25. The molecule has 2 aliphatic rings. The number of aliphatic imine (C=N–C) groups is 1. The Morgan fingerprint density at radius 3 is 2.95 bits per heavy atom. The summed E-state index contributed by atoms with van der Waals surface area (Å²) in [4.78, 5) is 4.62. The van der Waals surface area contributed by atoms with Gasteiger partial charge in [0, 0.05) is 25.7 Å². The van der Waals surface area contributed by atoms with Gasteiger partial charge in [0.25, 0.3) is 0 Å². The molecular formula is C14H27N3O2. The molecule has 2 rings (SSSR count). The second kappa shape index (κ2) is 6.09. The third-order valence-corrected chi connectivity index (χ3v) is 4.30. The molecule has 4 unspecified atom stereocenters. The van der Waals surface area contributed by atoms with Gasteiger partial charge in [-0.2, -0.15) is 0 Å². The van der Waals surface area contributed by atoms with Crippen LogP contribution in [0.2, 0.25) is 0 Å². The lowest BCUT2D eigenvalue weighted by Crippen LogP contribution is -2.63. The van der Waals surface area contributed by atoms with Crippen LogP contribution in [-0.4, -0.2) is 43.0 Å². The van der Waals surface area contributed by atoms with Gasteiger partial charge in [-0.3, -0.25) is 0 Å². The first-order chi connectivity index (χ1) is 9.12. The van der Waals surface area contributed by atoms with Crippen molar-refractivity contribution in [3.8, 4) is 0 Å². The highest BCUT2D eigenvalue weighted by molar-refractivity contribution is 5.78. The summed E-state index contributed by atoms with van der Waals surface area (Å²) in [7, 11) is 0. The van der Waals surface area contributed by atoms with Gasteiger partial charge in [-0.25, -0.2) is 4.99 Å². The van der Waals surface area contributed by atoms with E-state index < -0.39 is 0 Å². The van der Waals surface area contributed by atoms with Crippen LogP contribution in [0.25, 0.3) is 0 Å². The maximum absolute atomic E-state index is 5.97. The van der Waals surface area contributed by atoms with E-state index in [0.717, 1.165) is 38.9 Å². The van der Waals surface area contributed by atoms with Crippen LogP contribution in [0.3, 0.4) is 0 Å². The van der Waals surface area contributed by atoms with Gasteiger partial charge in [-0.1, -0.05) is 6.92 Å². The smallest absolute Gasteiger partial charge is 0.189 e. The lowest BCUT2D eigenvalue weighted by atomic mass is 9.70. The SMILES string of the molecule is CCOC1CC(N=C(N)NC(C)CC)C12CCCO2. The molecule has 5 nitrogen and oxygen atoms in total. The molecule has 1 spiro atoms. The summed E-state index contributed by atoms with van der Waals surface area (Å²) in [6.45, 7) is 7.80. The Kier molecular flexibility index (Phi) is 4.68. The second-order valence-electron chi connectivity index (χ2n) is 5.57. The normalized spacial score (nSPS) is 36.3. The highest BCUT2D eigenvalue weighted by Crippen LogP contribution is 2.47. The van der Waals surface area contributed by atoms with Crippen molar-refractivity contribution in [2.45, 2.75) is 70.2 Å². The maximum atomic E-state index is 5.97. The Morgan fingerprint density at radius 1 is 1.58 bits per heavy atom. The fourth-order valence-electron chi connectivity index (χ4n) is 2.99. The molecule has 2 fully saturated rings. The summed E-state index contributed by atoms with van der Waals surface area (Å²) in [5.41, 5.74) is 5.76. The molecule has 0 radical (unpaired) electrons. The maximum Gasteiger partial charge on any atom is 0.189 e. The summed E-state index contributed by atoms with van der Waals surface area (Å²) in [6, 6.07) is 0.495. The largest absolute Gasteiger partial charge is 0.375 e. The molecular weight excluding hydrogens is 242 g/mol. The molecule has 110 valence electrons. The Morgan fingerprint density at radius 2 is 2.37 bits per heavy atom. The Balaban J connectivity index is 1.99. The molecule has 0 bridgehead atoms. The second-order valence-corrected chi connectivity index (χ2v) is 5.57. The van der Waals surface area contributed by atoms with E-state index in [-0.39, 0.29) is 17.7 Å². The number of hydrogen-bond donors (Lipinski definition) is 2. The Hall–Kier alpha value is -0.810. The zero-order valence-electron chi connectivity index (χ0n) is 12.3. The Labute approximate surface area is 115 Å². The molecule has 19 heavy (non-hydrogen) atoms. The molecule has 1 aliphatic carbocycles. The summed E-state index contributed by atoms with van der Waals surface area (Å²) in [5.74, 6) is 0.532. The van der Waals surface area contributed by atoms with E-state index >= 15 is 0 Å². The van der Waals surface area contributed by atoms with Crippen molar-refractivity contribution in [2.24, 2.45) is 10.7 Å².